The average molecular weight is 322 g/mol. The second-order valence-electron chi connectivity index (χ2n) is 6.14. The van der Waals surface area contributed by atoms with Crippen molar-refractivity contribution in [3.8, 4) is 0 Å². The first-order valence-electron chi connectivity index (χ1n) is 8.38. The molecule has 1 N–H and O–H groups in total. The molecule has 0 unspecified atom stereocenters. The lowest BCUT2D eigenvalue weighted by molar-refractivity contribution is -0.127. The van der Waals surface area contributed by atoms with Crippen LogP contribution in [0.2, 0.25) is 0 Å². The second-order valence-corrected chi connectivity index (χ2v) is 6.14. The van der Waals surface area contributed by atoms with E-state index < -0.39 is 6.04 Å². The van der Waals surface area contributed by atoms with E-state index in [1.54, 1.807) is 11.8 Å². The molecule has 4 nitrogen and oxygen atoms in total. The van der Waals surface area contributed by atoms with Gasteiger partial charge >= 0.3 is 0 Å². The van der Waals surface area contributed by atoms with Gasteiger partial charge in [-0.25, -0.2) is 0 Å². The molecule has 2 aromatic rings. The molecule has 0 bridgehead atoms. The Hall–Kier alpha value is -2.62. The molecular weight excluding hydrogens is 300 g/mol. The van der Waals surface area contributed by atoms with E-state index in [-0.39, 0.29) is 11.8 Å². The summed E-state index contributed by atoms with van der Waals surface area (Å²) in [4.78, 5) is 26.5. The Labute approximate surface area is 142 Å². The van der Waals surface area contributed by atoms with E-state index in [1.165, 1.54) is 5.56 Å². The van der Waals surface area contributed by atoms with E-state index in [0.29, 0.717) is 19.4 Å². The summed E-state index contributed by atoms with van der Waals surface area (Å²) in [5.74, 6) is -0.139. The van der Waals surface area contributed by atoms with Gasteiger partial charge in [-0.2, -0.15) is 0 Å². The molecule has 2 aromatic carbocycles. The Kier molecular flexibility index (Phi) is 4.94. The van der Waals surface area contributed by atoms with Crippen molar-refractivity contribution < 1.29 is 9.59 Å². The number of amides is 2. The summed E-state index contributed by atoms with van der Waals surface area (Å²) in [5.41, 5.74) is 3.28. The van der Waals surface area contributed by atoms with E-state index in [1.807, 2.05) is 54.6 Å². The Balaban J connectivity index is 1.54. The number of nitrogens with one attached hydrogen (secondary N) is 1. The summed E-state index contributed by atoms with van der Waals surface area (Å²) >= 11 is 0. The van der Waals surface area contributed by atoms with Crippen LogP contribution < -0.4 is 10.2 Å². The van der Waals surface area contributed by atoms with Gasteiger partial charge in [0.1, 0.15) is 6.04 Å². The summed E-state index contributed by atoms with van der Waals surface area (Å²) in [5, 5.41) is 2.83. The molecule has 24 heavy (non-hydrogen) atoms. The highest BCUT2D eigenvalue weighted by atomic mass is 16.2. The van der Waals surface area contributed by atoms with E-state index in [4.69, 9.17) is 0 Å². The van der Waals surface area contributed by atoms with Gasteiger partial charge < -0.3 is 10.2 Å². The van der Waals surface area contributed by atoms with Crippen LogP contribution in [0.1, 0.15) is 24.5 Å². The SMILES string of the molecule is C[C@@H](NC(=O)CCc1ccccc1)C(=O)N1CCc2ccccc21. The zero-order valence-electron chi connectivity index (χ0n) is 13.9. The fourth-order valence-corrected chi connectivity index (χ4v) is 3.08. The van der Waals surface area contributed by atoms with Crippen LogP contribution in [0.5, 0.6) is 0 Å². The monoisotopic (exact) mass is 322 g/mol. The molecule has 1 heterocycles. The van der Waals surface area contributed by atoms with Crippen molar-refractivity contribution in [2.24, 2.45) is 0 Å². The number of carbonyl (C=O) groups excluding carboxylic acids is 2. The van der Waals surface area contributed by atoms with Crippen molar-refractivity contribution in [1.82, 2.24) is 5.32 Å². The van der Waals surface area contributed by atoms with Crippen LogP contribution in [-0.4, -0.2) is 24.4 Å². The third-order valence-corrected chi connectivity index (χ3v) is 4.38. The van der Waals surface area contributed by atoms with Gasteiger partial charge in [0.2, 0.25) is 11.8 Å². The fraction of sp³-hybridized carbons (Fsp3) is 0.300. The smallest absolute Gasteiger partial charge is 0.249 e. The highest BCUT2D eigenvalue weighted by molar-refractivity contribution is 6.00. The number of para-hydroxylation sites is 1. The number of nitrogens with zero attached hydrogens (tertiary/aromatic N) is 1. The number of benzene rings is 2. The molecule has 1 aliphatic heterocycles. The quantitative estimate of drug-likeness (QED) is 0.920. The number of rotatable bonds is 5. The van der Waals surface area contributed by atoms with Gasteiger partial charge in [0.25, 0.3) is 0 Å². The predicted molar refractivity (Wildman–Crippen MR) is 94.9 cm³/mol. The molecule has 4 heteroatoms. The first-order chi connectivity index (χ1) is 11.6. The lowest BCUT2D eigenvalue weighted by atomic mass is 10.1. The first kappa shape index (κ1) is 16.2. The fourth-order valence-electron chi connectivity index (χ4n) is 3.08. The van der Waals surface area contributed by atoms with E-state index in [9.17, 15) is 9.59 Å². The van der Waals surface area contributed by atoms with Crippen molar-refractivity contribution in [2.45, 2.75) is 32.2 Å². The molecule has 0 saturated carbocycles. The molecule has 0 fully saturated rings. The Bertz CT molecular complexity index is 727. The second kappa shape index (κ2) is 7.30. The molecule has 0 saturated heterocycles. The van der Waals surface area contributed by atoms with Crippen molar-refractivity contribution >= 4 is 17.5 Å². The summed E-state index contributed by atoms with van der Waals surface area (Å²) in [6.45, 7) is 2.44. The molecule has 1 atom stereocenters. The third-order valence-electron chi connectivity index (χ3n) is 4.38. The summed E-state index contributed by atoms with van der Waals surface area (Å²) in [7, 11) is 0. The van der Waals surface area contributed by atoms with Crippen LogP contribution >= 0.6 is 0 Å². The minimum atomic E-state index is -0.514. The van der Waals surface area contributed by atoms with Gasteiger partial charge in [-0.05, 0) is 37.0 Å². The highest BCUT2D eigenvalue weighted by Gasteiger charge is 2.28. The molecule has 2 amide bonds. The number of anilines is 1. The minimum absolute atomic E-state index is 0.0481. The predicted octanol–water partition coefficient (Wildman–Crippen LogP) is 2.71. The number of hydrogen-bond donors (Lipinski definition) is 1. The summed E-state index contributed by atoms with van der Waals surface area (Å²) < 4.78 is 0. The number of carbonyl (C=O) groups is 2. The zero-order chi connectivity index (χ0) is 16.9. The molecule has 124 valence electrons. The van der Waals surface area contributed by atoms with Crippen LogP contribution in [0.25, 0.3) is 0 Å². The minimum Gasteiger partial charge on any atom is -0.345 e. The number of aryl methyl sites for hydroxylation is 1. The summed E-state index contributed by atoms with van der Waals surface area (Å²) in [6, 6.07) is 17.3. The van der Waals surface area contributed by atoms with E-state index in [2.05, 4.69) is 5.32 Å². The van der Waals surface area contributed by atoms with Crippen LogP contribution in [-0.2, 0) is 22.4 Å². The van der Waals surface area contributed by atoms with E-state index >= 15 is 0 Å². The maximum atomic E-state index is 12.6. The molecule has 0 spiro atoms. The lowest BCUT2D eigenvalue weighted by Gasteiger charge is -2.22. The van der Waals surface area contributed by atoms with Crippen LogP contribution in [0, 0.1) is 0 Å². The standard InChI is InChI=1S/C20H22N2O2/c1-15(21-19(23)12-11-16-7-3-2-4-8-16)20(24)22-14-13-17-9-5-6-10-18(17)22/h2-10,15H,11-14H2,1H3,(H,21,23)/t15-/m1/s1. The topological polar surface area (TPSA) is 49.4 Å². The Morgan fingerprint density at radius 2 is 1.79 bits per heavy atom. The Morgan fingerprint density at radius 1 is 1.08 bits per heavy atom. The number of hydrogen-bond acceptors (Lipinski definition) is 2. The maximum Gasteiger partial charge on any atom is 0.249 e. The van der Waals surface area contributed by atoms with Gasteiger partial charge in [-0.3, -0.25) is 9.59 Å². The maximum absolute atomic E-state index is 12.6. The molecule has 0 aromatic heterocycles. The van der Waals surface area contributed by atoms with Gasteiger partial charge in [0.05, 0.1) is 0 Å². The van der Waals surface area contributed by atoms with Crippen molar-refractivity contribution in [1.29, 1.82) is 0 Å². The van der Waals surface area contributed by atoms with Gasteiger partial charge in [-0.15, -0.1) is 0 Å². The van der Waals surface area contributed by atoms with Crippen molar-refractivity contribution in [3.05, 3.63) is 65.7 Å². The van der Waals surface area contributed by atoms with Crippen molar-refractivity contribution in [2.75, 3.05) is 11.4 Å². The Morgan fingerprint density at radius 3 is 2.58 bits per heavy atom. The molecule has 0 radical (unpaired) electrons. The lowest BCUT2D eigenvalue weighted by Crippen LogP contribution is -2.46. The highest BCUT2D eigenvalue weighted by Crippen LogP contribution is 2.27. The number of fused-ring (bicyclic) bond motifs is 1. The average Bonchev–Trinajstić information content (AvgIpc) is 3.04. The van der Waals surface area contributed by atoms with Gasteiger partial charge in [0, 0.05) is 18.7 Å². The van der Waals surface area contributed by atoms with Crippen molar-refractivity contribution in [3.63, 3.8) is 0 Å². The van der Waals surface area contributed by atoms with E-state index in [0.717, 1.165) is 17.7 Å². The normalized spacial score (nSPS) is 14.1. The summed E-state index contributed by atoms with van der Waals surface area (Å²) in [6.07, 6.45) is 1.94. The third kappa shape index (κ3) is 3.65. The van der Waals surface area contributed by atoms with Crippen LogP contribution in [0.15, 0.2) is 54.6 Å². The van der Waals surface area contributed by atoms with Gasteiger partial charge in [-0.1, -0.05) is 48.5 Å². The van der Waals surface area contributed by atoms with Crippen LogP contribution in [0.4, 0.5) is 5.69 Å². The molecule has 1 aliphatic rings. The first-order valence-corrected chi connectivity index (χ1v) is 8.38. The molecule has 3 rings (SSSR count). The molecule has 0 aliphatic carbocycles. The van der Waals surface area contributed by atoms with Crippen LogP contribution in [0.3, 0.4) is 0 Å². The zero-order valence-corrected chi connectivity index (χ0v) is 13.9. The molecular formula is C20H22N2O2. The largest absolute Gasteiger partial charge is 0.345 e. The van der Waals surface area contributed by atoms with Gasteiger partial charge in [0.15, 0.2) is 0 Å².